The van der Waals surface area contributed by atoms with Crippen molar-refractivity contribution in [2.24, 2.45) is 5.92 Å². The summed E-state index contributed by atoms with van der Waals surface area (Å²) >= 11 is 0. The van der Waals surface area contributed by atoms with Gasteiger partial charge in [0.15, 0.2) is 5.76 Å². The summed E-state index contributed by atoms with van der Waals surface area (Å²) in [5, 5.41) is 12.6. The van der Waals surface area contributed by atoms with Crippen molar-refractivity contribution in [3.8, 4) is 0 Å². The minimum Gasteiger partial charge on any atom is -0.480 e. The maximum absolute atomic E-state index is 12.3. The first kappa shape index (κ1) is 15.1. The highest BCUT2D eigenvalue weighted by molar-refractivity contribution is 6.00. The molecule has 0 fully saturated rings. The van der Waals surface area contributed by atoms with E-state index in [4.69, 9.17) is 4.42 Å². The quantitative estimate of drug-likeness (QED) is 0.886. The predicted octanol–water partition coefficient (Wildman–Crippen LogP) is 2.97. The zero-order valence-electron chi connectivity index (χ0n) is 12.3. The second-order valence-corrected chi connectivity index (χ2v) is 5.55. The molecule has 1 heterocycles. The molecule has 5 nitrogen and oxygen atoms in total. The Hall–Kier alpha value is -2.30. The van der Waals surface area contributed by atoms with Gasteiger partial charge in [0.05, 0.1) is 0 Å². The van der Waals surface area contributed by atoms with Crippen LogP contribution in [0.25, 0.3) is 11.0 Å². The molecule has 112 valence electrons. The Labute approximate surface area is 122 Å². The minimum absolute atomic E-state index is 0.170. The number of para-hydroxylation sites is 1. The molecule has 0 bridgehead atoms. The molecule has 0 saturated heterocycles. The largest absolute Gasteiger partial charge is 0.480 e. The lowest BCUT2D eigenvalue weighted by Crippen LogP contribution is -2.41. The lowest BCUT2D eigenvalue weighted by atomic mass is 10.0. The van der Waals surface area contributed by atoms with E-state index in [0.717, 1.165) is 10.9 Å². The van der Waals surface area contributed by atoms with E-state index in [9.17, 15) is 14.7 Å². The van der Waals surface area contributed by atoms with E-state index >= 15 is 0 Å². The van der Waals surface area contributed by atoms with Gasteiger partial charge < -0.3 is 14.8 Å². The topological polar surface area (TPSA) is 79.5 Å². The molecule has 0 unspecified atom stereocenters. The van der Waals surface area contributed by atoms with Gasteiger partial charge in [-0.2, -0.15) is 0 Å². The molecular formula is C16H19NO4. The number of carboxylic acid groups (broad SMARTS) is 1. The van der Waals surface area contributed by atoms with Crippen LogP contribution >= 0.6 is 0 Å². The highest BCUT2D eigenvalue weighted by atomic mass is 16.4. The molecule has 2 rings (SSSR count). The average molecular weight is 289 g/mol. The summed E-state index contributed by atoms with van der Waals surface area (Å²) in [7, 11) is 0. The van der Waals surface area contributed by atoms with Crippen LogP contribution < -0.4 is 5.32 Å². The fourth-order valence-electron chi connectivity index (χ4n) is 2.31. The van der Waals surface area contributed by atoms with Gasteiger partial charge in [-0.3, -0.25) is 4.79 Å². The van der Waals surface area contributed by atoms with Crippen LogP contribution in [0.2, 0.25) is 0 Å². The summed E-state index contributed by atoms with van der Waals surface area (Å²) in [5.74, 6) is -1.18. The third kappa shape index (κ3) is 3.24. The molecule has 21 heavy (non-hydrogen) atoms. The Kier molecular flexibility index (Phi) is 4.31. The normalized spacial score (nSPS) is 12.6. The monoisotopic (exact) mass is 289 g/mol. The molecule has 2 N–H and O–H groups in total. The van der Waals surface area contributed by atoms with Gasteiger partial charge in [0.25, 0.3) is 5.91 Å². The highest BCUT2D eigenvalue weighted by Crippen LogP contribution is 2.24. The fourth-order valence-corrected chi connectivity index (χ4v) is 2.31. The second-order valence-electron chi connectivity index (χ2n) is 5.55. The smallest absolute Gasteiger partial charge is 0.326 e. The van der Waals surface area contributed by atoms with Gasteiger partial charge >= 0.3 is 5.97 Å². The van der Waals surface area contributed by atoms with Gasteiger partial charge in [-0.25, -0.2) is 4.79 Å². The Morgan fingerprint density at radius 1 is 1.29 bits per heavy atom. The summed E-state index contributed by atoms with van der Waals surface area (Å²) in [5.41, 5.74) is 1.34. The van der Waals surface area contributed by atoms with Crippen LogP contribution in [-0.2, 0) is 4.79 Å². The van der Waals surface area contributed by atoms with Crippen LogP contribution in [-0.4, -0.2) is 23.0 Å². The maximum Gasteiger partial charge on any atom is 0.326 e. The van der Waals surface area contributed by atoms with E-state index in [-0.39, 0.29) is 11.7 Å². The zero-order valence-corrected chi connectivity index (χ0v) is 12.3. The first-order chi connectivity index (χ1) is 9.90. The third-order valence-electron chi connectivity index (χ3n) is 3.36. The Bertz CT molecular complexity index is 672. The lowest BCUT2D eigenvalue weighted by Gasteiger charge is -2.15. The van der Waals surface area contributed by atoms with Crippen LogP contribution in [0.15, 0.2) is 28.7 Å². The van der Waals surface area contributed by atoms with Crippen LogP contribution in [0.4, 0.5) is 0 Å². The summed E-state index contributed by atoms with van der Waals surface area (Å²) in [4.78, 5) is 23.5. The van der Waals surface area contributed by atoms with Crippen molar-refractivity contribution in [1.29, 1.82) is 0 Å². The predicted molar refractivity (Wildman–Crippen MR) is 79.3 cm³/mol. The van der Waals surface area contributed by atoms with Crippen molar-refractivity contribution >= 4 is 22.8 Å². The lowest BCUT2D eigenvalue weighted by molar-refractivity contribution is -0.139. The summed E-state index contributed by atoms with van der Waals surface area (Å²) in [6, 6.07) is 6.43. The van der Waals surface area contributed by atoms with E-state index in [2.05, 4.69) is 5.32 Å². The molecule has 1 aromatic heterocycles. The molecule has 0 radical (unpaired) electrons. The van der Waals surface area contributed by atoms with Crippen molar-refractivity contribution < 1.29 is 19.1 Å². The average Bonchev–Trinajstić information content (AvgIpc) is 2.75. The van der Waals surface area contributed by atoms with Gasteiger partial charge in [0.2, 0.25) is 0 Å². The minimum atomic E-state index is -1.04. The van der Waals surface area contributed by atoms with Crippen LogP contribution in [0.5, 0.6) is 0 Å². The first-order valence-electron chi connectivity index (χ1n) is 6.92. The molecule has 1 atom stereocenters. The first-order valence-corrected chi connectivity index (χ1v) is 6.92. The third-order valence-corrected chi connectivity index (χ3v) is 3.36. The Morgan fingerprint density at radius 3 is 2.52 bits per heavy atom. The molecule has 0 saturated carbocycles. The molecule has 0 aliphatic rings. The number of furan rings is 1. The van der Waals surface area contributed by atoms with Crippen molar-refractivity contribution in [3.05, 3.63) is 35.6 Å². The van der Waals surface area contributed by atoms with Crippen molar-refractivity contribution in [2.45, 2.75) is 33.2 Å². The van der Waals surface area contributed by atoms with Crippen LogP contribution in [0, 0.1) is 12.8 Å². The van der Waals surface area contributed by atoms with Gasteiger partial charge in [-0.15, -0.1) is 0 Å². The van der Waals surface area contributed by atoms with Gasteiger partial charge in [0, 0.05) is 10.9 Å². The van der Waals surface area contributed by atoms with Gasteiger partial charge in [0.1, 0.15) is 11.6 Å². The van der Waals surface area contributed by atoms with E-state index in [1.807, 2.05) is 32.0 Å². The summed E-state index contributed by atoms with van der Waals surface area (Å²) in [6.45, 7) is 5.61. The number of benzene rings is 1. The van der Waals surface area contributed by atoms with Gasteiger partial charge in [-0.1, -0.05) is 32.0 Å². The van der Waals surface area contributed by atoms with Crippen molar-refractivity contribution in [1.82, 2.24) is 5.32 Å². The number of carbonyl (C=O) groups excluding carboxylic acids is 1. The van der Waals surface area contributed by atoms with Crippen LogP contribution in [0.3, 0.4) is 0 Å². The summed E-state index contributed by atoms with van der Waals surface area (Å²) in [6.07, 6.45) is 0.375. The zero-order chi connectivity index (χ0) is 15.6. The van der Waals surface area contributed by atoms with Crippen molar-refractivity contribution in [2.75, 3.05) is 0 Å². The number of carbonyl (C=O) groups is 2. The molecule has 0 aliphatic carbocycles. The van der Waals surface area contributed by atoms with E-state index in [1.165, 1.54) is 0 Å². The number of hydrogen-bond acceptors (Lipinski definition) is 3. The number of aryl methyl sites for hydroxylation is 1. The summed E-state index contributed by atoms with van der Waals surface area (Å²) < 4.78 is 5.54. The van der Waals surface area contributed by atoms with E-state index < -0.39 is 17.9 Å². The fraction of sp³-hybridized carbons (Fsp3) is 0.375. The number of nitrogens with one attached hydrogen (secondary N) is 1. The Morgan fingerprint density at radius 2 is 1.95 bits per heavy atom. The van der Waals surface area contributed by atoms with Crippen molar-refractivity contribution in [3.63, 3.8) is 0 Å². The van der Waals surface area contributed by atoms with Crippen LogP contribution in [0.1, 0.15) is 36.4 Å². The standard InChI is InChI=1S/C16H19NO4/c1-9(2)8-12(16(19)20)17-15(18)14-10(3)11-6-4-5-7-13(11)21-14/h4-7,9,12H,8H2,1-3H3,(H,17,18)(H,19,20)/t12-/m1/s1. The SMILES string of the molecule is Cc1c(C(=O)N[C@H](CC(C)C)C(=O)O)oc2ccccc12. The molecular weight excluding hydrogens is 270 g/mol. The number of amides is 1. The number of fused-ring (bicyclic) bond motifs is 1. The van der Waals surface area contributed by atoms with E-state index in [1.54, 1.807) is 13.0 Å². The number of carboxylic acids is 1. The maximum atomic E-state index is 12.3. The highest BCUT2D eigenvalue weighted by Gasteiger charge is 2.25. The second kappa shape index (κ2) is 5.99. The molecule has 1 aromatic carbocycles. The Balaban J connectivity index is 2.25. The number of aliphatic carboxylic acids is 1. The molecule has 0 spiro atoms. The van der Waals surface area contributed by atoms with E-state index in [0.29, 0.717) is 12.0 Å². The van der Waals surface area contributed by atoms with Gasteiger partial charge in [-0.05, 0) is 25.3 Å². The molecule has 2 aromatic rings. The molecule has 0 aliphatic heterocycles. The number of hydrogen-bond donors (Lipinski definition) is 2. The molecule has 5 heteroatoms. The molecule has 1 amide bonds. The number of rotatable bonds is 5.